The van der Waals surface area contributed by atoms with Crippen LogP contribution in [0.2, 0.25) is 0 Å². The third-order valence-corrected chi connectivity index (χ3v) is 1.96. The summed E-state index contributed by atoms with van der Waals surface area (Å²) in [6, 6.07) is 0. The Labute approximate surface area is 93.5 Å². The Hall–Kier alpha value is 0. The number of hydrogen-bond acceptors (Lipinski definition) is 0. The van der Waals surface area contributed by atoms with E-state index < -0.39 is 0 Å². The number of rotatable bonds is 7. The molecular formula is C14H34. The van der Waals surface area contributed by atoms with Crippen LogP contribution >= 0.6 is 0 Å². The van der Waals surface area contributed by atoms with Gasteiger partial charge in [-0.2, -0.15) is 0 Å². The van der Waals surface area contributed by atoms with Gasteiger partial charge in [-0.1, -0.05) is 92.9 Å². The average Bonchev–Trinajstić information content (AvgIpc) is 2.29. The van der Waals surface area contributed by atoms with E-state index in [1.165, 1.54) is 51.4 Å². The van der Waals surface area contributed by atoms with Gasteiger partial charge in [-0.25, -0.2) is 0 Å². The molecule has 0 aliphatic heterocycles. The topological polar surface area (TPSA) is 0 Å². The van der Waals surface area contributed by atoms with Crippen molar-refractivity contribution in [1.29, 1.82) is 0 Å². The third kappa shape index (κ3) is 29.6. The summed E-state index contributed by atoms with van der Waals surface area (Å²) in [5.74, 6) is 0. The maximum atomic E-state index is 2.27. The molecule has 0 heterocycles. The van der Waals surface area contributed by atoms with E-state index in [2.05, 4.69) is 13.8 Å². The molecule has 0 saturated heterocycles. The Kier molecular flexibility index (Phi) is 40.9. The van der Waals surface area contributed by atoms with Crippen molar-refractivity contribution in [2.45, 2.75) is 92.9 Å². The zero-order valence-electron chi connectivity index (χ0n) is 11.7. The molecule has 0 amide bonds. The second-order valence-corrected chi connectivity index (χ2v) is 3.12. The van der Waals surface area contributed by atoms with E-state index in [0.717, 1.165) is 0 Å². The van der Waals surface area contributed by atoms with Gasteiger partial charge in [0.2, 0.25) is 0 Å². The summed E-state index contributed by atoms with van der Waals surface area (Å²) in [7, 11) is 0. The standard InChI is InChI=1S/C10H22.2C2H6/c1-3-5-7-9-10-8-6-4-2;2*1-2/h3-10H2,1-2H3;2*1-2H3. The van der Waals surface area contributed by atoms with Gasteiger partial charge in [0.05, 0.1) is 0 Å². The average molecular weight is 202 g/mol. The van der Waals surface area contributed by atoms with Crippen LogP contribution in [0.1, 0.15) is 92.9 Å². The Bertz CT molecular complexity index is 40.0. The minimum Gasteiger partial charge on any atom is -0.0683 e. The highest BCUT2D eigenvalue weighted by Gasteiger charge is 1.87. The molecule has 0 aliphatic carbocycles. The van der Waals surface area contributed by atoms with Crippen molar-refractivity contribution in [1.82, 2.24) is 0 Å². The summed E-state index contributed by atoms with van der Waals surface area (Å²) in [4.78, 5) is 0. The van der Waals surface area contributed by atoms with Gasteiger partial charge in [-0.15, -0.1) is 0 Å². The summed E-state index contributed by atoms with van der Waals surface area (Å²) in [6.07, 6.45) is 11.5. The van der Waals surface area contributed by atoms with Crippen LogP contribution in [0.4, 0.5) is 0 Å². The summed E-state index contributed by atoms with van der Waals surface area (Å²) in [5, 5.41) is 0. The van der Waals surface area contributed by atoms with Gasteiger partial charge in [0.1, 0.15) is 0 Å². The van der Waals surface area contributed by atoms with Crippen LogP contribution in [-0.2, 0) is 0 Å². The molecule has 0 aromatic heterocycles. The van der Waals surface area contributed by atoms with E-state index in [9.17, 15) is 0 Å². The molecule has 90 valence electrons. The quantitative estimate of drug-likeness (QED) is 0.431. The monoisotopic (exact) mass is 202 g/mol. The molecule has 14 heavy (non-hydrogen) atoms. The minimum atomic E-state index is 1.37. The highest BCUT2D eigenvalue weighted by atomic mass is 13.9. The van der Waals surface area contributed by atoms with Crippen molar-refractivity contribution in [2.75, 3.05) is 0 Å². The van der Waals surface area contributed by atoms with E-state index in [1.807, 2.05) is 27.7 Å². The zero-order valence-corrected chi connectivity index (χ0v) is 11.7. The SMILES string of the molecule is CC.CC.CCCCCCCCCC. The first-order valence-electron chi connectivity index (χ1n) is 6.91. The molecular weight excluding hydrogens is 168 g/mol. The summed E-state index contributed by atoms with van der Waals surface area (Å²) in [6.45, 7) is 12.5. The van der Waals surface area contributed by atoms with Crippen molar-refractivity contribution in [3.05, 3.63) is 0 Å². The van der Waals surface area contributed by atoms with E-state index >= 15 is 0 Å². The van der Waals surface area contributed by atoms with Crippen LogP contribution in [-0.4, -0.2) is 0 Å². The van der Waals surface area contributed by atoms with Crippen molar-refractivity contribution in [3.8, 4) is 0 Å². The smallest absolute Gasteiger partial charge is 0.0533 e. The minimum absolute atomic E-state index is 1.37. The van der Waals surface area contributed by atoms with Gasteiger partial charge in [0, 0.05) is 0 Å². The highest BCUT2D eigenvalue weighted by Crippen LogP contribution is 2.07. The lowest BCUT2D eigenvalue weighted by molar-refractivity contribution is 0.585. The molecule has 0 aliphatic rings. The van der Waals surface area contributed by atoms with Crippen LogP contribution in [0, 0.1) is 0 Å². The molecule has 0 nitrogen and oxygen atoms in total. The van der Waals surface area contributed by atoms with Gasteiger partial charge in [-0.05, 0) is 0 Å². The normalized spacial score (nSPS) is 8.14. The molecule has 0 radical (unpaired) electrons. The van der Waals surface area contributed by atoms with Crippen LogP contribution in [0.3, 0.4) is 0 Å². The van der Waals surface area contributed by atoms with Crippen molar-refractivity contribution in [3.63, 3.8) is 0 Å². The summed E-state index contributed by atoms with van der Waals surface area (Å²) in [5.41, 5.74) is 0. The highest BCUT2D eigenvalue weighted by molar-refractivity contribution is 4.43. The van der Waals surface area contributed by atoms with Gasteiger partial charge in [0.15, 0.2) is 0 Å². The largest absolute Gasteiger partial charge is 0.0683 e. The van der Waals surface area contributed by atoms with E-state index in [-0.39, 0.29) is 0 Å². The van der Waals surface area contributed by atoms with Crippen molar-refractivity contribution >= 4 is 0 Å². The van der Waals surface area contributed by atoms with Crippen molar-refractivity contribution < 1.29 is 0 Å². The fraction of sp³-hybridized carbons (Fsp3) is 1.00. The van der Waals surface area contributed by atoms with Gasteiger partial charge < -0.3 is 0 Å². The van der Waals surface area contributed by atoms with Gasteiger partial charge in [-0.3, -0.25) is 0 Å². The third-order valence-electron chi connectivity index (χ3n) is 1.96. The fourth-order valence-electron chi connectivity index (χ4n) is 1.21. The second-order valence-electron chi connectivity index (χ2n) is 3.12. The van der Waals surface area contributed by atoms with Gasteiger partial charge in [0.25, 0.3) is 0 Å². The Balaban J connectivity index is -0.000000266. The Morgan fingerprint density at radius 1 is 0.429 bits per heavy atom. The second kappa shape index (κ2) is 29.2. The molecule has 0 rings (SSSR count). The van der Waals surface area contributed by atoms with Crippen LogP contribution in [0.15, 0.2) is 0 Å². The molecule has 0 aromatic carbocycles. The summed E-state index contributed by atoms with van der Waals surface area (Å²) < 4.78 is 0. The molecule has 0 spiro atoms. The van der Waals surface area contributed by atoms with Crippen LogP contribution in [0.5, 0.6) is 0 Å². The van der Waals surface area contributed by atoms with E-state index in [0.29, 0.717) is 0 Å². The Morgan fingerprint density at radius 3 is 0.857 bits per heavy atom. The number of hydrogen-bond donors (Lipinski definition) is 0. The lowest BCUT2D eigenvalue weighted by Gasteiger charge is -1.97. The maximum absolute atomic E-state index is 2.27. The predicted octanol–water partition coefficient (Wildman–Crippen LogP) is 6.20. The summed E-state index contributed by atoms with van der Waals surface area (Å²) >= 11 is 0. The lowest BCUT2D eigenvalue weighted by atomic mass is 10.1. The first-order chi connectivity index (χ1) is 6.91. The van der Waals surface area contributed by atoms with Crippen LogP contribution < -0.4 is 0 Å². The van der Waals surface area contributed by atoms with E-state index in [1.54, 1.807) is 0 Å². The van der Waals surface area contributed by atoms with Crippen molar-refractivity contribution in [2.24, 2.45) is 0 Å². The first-order valence-corrected chi connectivity index (χ1v) is 6.91. The maximum Gasteiger partial charge on any atom is -0.0533 e. The molecule has 0 atom stereocenters. The molecule has 0 aromatic rings. The molecule has 0 saturated carbocycles. The van der Waals surface area contributed by atoms with Crippen LogP contribution in [0.25, 0.3) is 0 Å². The molecule has 0 fully saturated rings. The van der Waals surface area contributed by atoms with E-state index in [4.69, 9.17) is 0 Å². The molecule has 0 N–H and O–H groups in total. The van der Waals surface area contributed by atoms with Gasteiger partial charge >= 0.3 is 0 Å². The fourth-order valence-corrected chi connectivity index (χ4v) is 1.21. The predicted molar refractivity (Wildman–Crippen MR) is 71.0 cm³/mol. The molecule has 0 heteroatoms. The first kappa shape index (κ1) is 19.6. The molecule has 0 unspecified atom stereocenters. The lowest BCUT2D eigenvalue weighted by Crippen LogP contribution is -1.77. The zero-order chi connectivity index (χ0) is 11.7. The Morgan fingerprint density at radius 2 is 0.643 bits per heavy atom. The number of unbranched alkanes of at least 4 members (excludes halogenated alkanes) is 7. The molecule has 0 bridgehead atoms.